The topological polar surface area (TPSA) is 55.4 Å². The maximum Gasteiger partial charge on any atom is 0.321 e. The maximum atomic E-state index is 13.0. The number of hydrogen-bond donors (Lipinski definition) is 1. The van der Waals surface area contributed by atoms with Crippen molar-refractivity contribution >= 4 is 17.6 Å². The van der Waals surface area contributed by atoms with E-state index in [9.17, 15) is 14.0 Å². The molecule has 1 fully saturated rings. The summed E-state index contributed by atoms with van der Waals surface area (Å²) >= 11 is 0. The third kappa shape index (κ3) is 2.08. The number of carbonyl (C=O) groups is 2. The van der Waals surface area contributed by atoms with Gasteiger partial charge in [0.05, 0.1) is 7.11 Å². The molecule has 0 heterocycles. The Bertz CT molecular complexity index is 483. The van der Waals surface area contributed by atoms with Crippen LogP contribution >= 0.6 is 0 Å². The van der Waals surface area contributed by atoms with Crippen LogP contribution in [0, 0.1) is 11.2 Å². The number of halogens is 1. The molecule has 0 radical (unpaired) electrons. The zero-order chi connectivity index (χ0) is 13.2. The normalized spacial score (nSPS) is 16.6. The van der Waals surface area contributed by atoms with Crippen LogP contribution in [0.4, 0.5) is 10.1 Å². The first-order chi connectivity index (χ1) is 8.58. The van der Waals surface area contributed by atoms with Crippen LogP contribution in [0.5, 0.6) is 0 Å². The van der Waals surface area contributed by atoms with Crippen molar-refractivity contribution in [2.75, 3.05) is 12.4 Å². The van der Waals surface area contributed by atoms with Crippen LogP contribution in [0.25, 0.3) is 0 Å². The summed E-state index contributed by atoms with van der Waals surface area (Å²) < 4.78 is 17.7. The maximum absolute atomic E-state index is 13.0. The summed E-state index contributed by atoms with van der Waals surface area (Å²) in [6.07, 6.45) is 1.76. The van der Waals surface area contributed by atoms with Crippen LogP contribution in [0.3, 0.4) is 0 Å². The fourth-order valence-corrected chi connectivity index (χ4v) is 2.07. The molecule has 4 nitrogen and oxygen atoms in total. The van der Waals surface area contributed by atoms with E-state index in [-0.39, 0.29) is 0 Å². The van der Waals surface area contributed by atoms with Gasteiger partial charge in [0.2, 0.25) is 5.91 Å². The minimum atomic E-state index is -1.10. The molecular formula is C13H14FNO3. The van der Waals surface area contributed by atoms with Gasteiger partial charge >= 0.3 is 5.97 Å². The van der Waals surface area contributed by atoms with Gasteiger partial charge in [-0.2, -0.15) is 0 Å². The number of carbonyl (C=O) groups excluding carboxylic acids is 2. The van der Waals surface area contributed by atoms with Crippen molar-refractivity contribution < 1.29 is 18.7 Å². The Morgan fingerprint density at radius 3 is 2.61 bits per heavy atom. The van der Waals surface area contributed by atoms with E-state index in [1.165, 1.54) is 25.3 Å². The fourth-order valence-electron chi connectivity index (χ4n) is 2.07. The molecular weight excluding hydrogens is 237 g/mol. The summed E-state index contributed by atoms with van der Waals surface area (Å²) in [5.41, 5.74) is -0.753. The van der Waals surface area contributed by atoms with Gasteiger partial charge in [-0.15, -0.1) is 0 Å². The zero-order valence-electron chi connectivity index (χ0n) is 10.0. The number of ether oxygens (including phenoxy) is 1. The van der Waals surface area contributed by atoms with E-state index in [1.54, 1.807) is 6.07 Å². The molecule has 0 aromatic heterocycles. The quantitative estimate of drug-likeness (QED) is 0.661. The van der Waals surface area contributed by atoms with E-state index in [0.29, 0.717) is 18.5 Å². The van der Waals surface area contributed by atoms with Gasteiger partial charge in [0.15, 0.2) is 0 Å². The average molecular weight is 251 g/mol. The Morgan fingerprint density at radius 1 is 1.39 bits per heavy atom. The second-order valence-corrected chi connectivity index (χ2v) is 4.39. The zero-order valence-corrected chi connectivity index (χ0v) is 10.0. The molecule has 1 aliphatic carbocycles. The van der Waals surface area contributed by atoms with Gasteiger partial charge in [0, 0.05) is 5.69 Å². The second kappa shape index (κ2) is 4.76. The standard InChI is InChI=1S/C13H14FNO3/c1-18-12(17)13(6-3-7-13)11(16)15-10-5-2-4-9(14)8-10/h2,4-5,8H,3,6-7H2,1H3,(H,15,16). The van der Waals surface area contributed by atoms with Gasteiger partial charge in [-0.05, 0) is 31.0 Å². The molecule has 2 rings (SSSR count). The first kappa shape index (κ1) is 12.5. The molecule has 96 valence electrons. The summed E-state index contributed by atoms with van der Waals surface area (Å²) in [6, 6.07) is 5.57. The van der Waals surface area contributed by atoms with Crippen LogP contribution < -0.4 is 5.32 Å². The van der Waals surface area contributed by atoms with E-state index < -0.39 is 23.1 Å². The fraction of sp³-hybridized carbons (Fsp3) is 0.385. The highest BCUT2D eigenvalue weighted by molar-refractivity contribution is 6.09. The molecule has 0 atom stereocenters. The van der Waals surface area contributed by atoms with Gasteiger partial charge in [-0.3, -0.25) is 9.59 Å². The highest BCUT2D eigenvalue weighted by atomic mass is 19.1. The number of benzene rings is 1. The Kier molecular flexibility index (Phi) is 3.32. The van der Waals surface area contributed by atoms with Gasteiger partial charge in [0.25, 0.3) is 0 Å². The van der Waals surface area contributed by atoms with Crippen LogP contribution in [-0.4, -0.2) is 19.0 Å². The molecule has 0 bridgehead atoms. The SMILES string of the molecule is COC(=O)C1(C(=O)Nc2cccc(F)c2)CCC1. The first-order valence-corrected chi connectivity index (χ1v) is 5.74. The smallest absolute Gasteiger partial charge is 0.321 e. The number of hydrogen-bond acceptors (Lipinski definition) is 3. The minimum absolute atomic E-state index is 0.343. The van der Waals surface area contributed by atoms with Crippen molar-refractivity contribution in [1.82, 2.24) is 0 Å². The Balaban J connectivity index is 2.14. The lowest BCUT2D eigenvalue weighted by Gasteiger charge is -2.36. The molecule has 1 saturated carbocycles. The lowest BCUT2D eigenvalue weighted by atomic mass is 9.68. The first-order valence-electron chi connectivity index (χ1n) is 5.74. The largest absolute Gasteiger partial charge is 0.468 e. The van der Waals surface area contributed by atoms with Crippen molar-refractivity contribution in [2.24, 2.45) is 5.41 Å². The molecule has 1 aliphatic rings. The third-order valence-corrected chi connectivity index (χ3v) is 3.30. The molecule has 0 saturated heterocycles. The molecule has 18 heavy (non-hydrogen) atoms. The molecule has 1 N–H and O–H groups in total. The van der Waals surface area contributed by atoms with E-state index in [0.717, 1.165) is 6.42 Å². The van der Waals surface area contributed by atoms with Gasteiger partial charge < -0.3 is 10.1 Å². The molecule has 1 aromatic rings. The number of amides is 1. The Hall–Kier alpha value is -1.91. The molecule has 5 heteroatoms. The molecule has 0 aliphatic heterocycles. The third-order valence-electron chi connectivity index (χ3n) is 3.30. The van der Waals surface area contributed by atoms with E-state index in [1.807, 2.05) is 0 Å². The lowest BCUT2D eigenvalue weighted by molar-refractivity contribution is -0.163. The summed E-state index contributed by atoms with van der Waals surface area (Å²) in [5, 5.41) is 2.56. The monoisotopic (exact) mass is 251 g/mol. The minimum Gasteiger partial charge on any atom is -0.468 e. The molecule has 1 aromatic carbocycles. The van der Waals surface area contributed by atoms with Crippen molar-refractivity contribution in [3.63, 3.8) is 0 Å². The van der Waals surface area contributed by atoms with E-state index in [4.69, 9.17) is 0 Å². The highest BCUT2D eigenvalue weighted by Crippen LogP contribution is 2.42. The number of rotatable bonds is 3. The van der Waals surface area contributed by atoms with Gasteiger partial charge in [-0.25, -0.2) is 4.39 Å². The number of esters is 1. The number of nitrogens with one attached hydrogen (secondary N) is 1. The number of anilines is 1. The molecule has 1 amide bonds. The van der Waals surface area contributed by atoms with E-state index in [2.05, 4.69) is 10.1 Å². The van der Waals surface area contributed by atoms with Crippen molar-refractivity contribution in [2.45, 2.75) is 19.3 Å². The van der Waals surface area contributed by atoms with Crippen molar-refractivity contribution in [1.29, 1.82) is 0 Å². The average Bonchev–Trinajstić information content (AvgIpc) is 2.27. The highest BCUT2D eigenvalue weighted by Gasteiger charge is 2.51. The molecule has 0 unspecified atom stereocenters. The summed E-state index contributed by atoms with van der Waals surface area (Å²) in [7, 11) is 1.26. The summed E-state index contributed by atoms with van der Waals surface area (Å²) in [6.45, 7) is 0. The second-order valence-electron chi connectivity index (χ2n) is 4.39. The predicted molar refractivity (Wildman–Crippen MR) is 63.3 cm³/mol. The molecule has 0 spiro atoms. The van der Waals surface area contributed by atoms with Crippen LogP contribution in [0.15, 0.2) is 24.3 Å². The Morgan fingerprint density at radius 2 is 2.11 bits per heavy atom. The van der Waals surface area contributed by atoms with Crippen molar-refractivity contribution in [3.8, 4) is 0 Å². The van der Waals surface area contributed by atoms with E-state index >= 15 is 0 Å². The van der Waals surface area contributed by atoms with Crippen LogP contribution in [-0.2, 0) is 14.3 Å². The van der Waals surface area contributed by atoms with Crippen LogP contribution in [0.2, 0.25) is 0 Å². The van der Waals surface area contributed by atoms with Crippen LogP contribution in [0.1, 0.15) is 19.3 Å². The summed E-state index contributed by atoms with van der Waals surface area (Å²) in [4.78, 5) is 23.8. The van der Waals surface area contributed by atoms with Gasteiger partial charge in [0.1, 0.15) is 11.2 Å². The lowest BCUT2D eigenvalue weighted by Crippen LogP contribution is -2.48. The Labute approximate surface area is 104 Å². The van der Waals surface area contributed by atoms with Crippen molar-refractivity contribution in [3.05, 3.63) is 30.1 Å². The predicted octanol–water partition coefficient (Wildman–Crippen LogP) is 2.11. The summed E-state index contributed by atoms with van der Waals surface area (Å²) in [5.74, 6) is -1.39. The van der Waals surface area contributed by atoms with Gasteiger partial charge in [-0.1, -0.05) is 12.5 Å². The number of methoxy groups -OCH3 is 1.